The van der Waals surface area contributed by atoms with Gasteiger partial charge in [0.15, 0.2) is 0 Å². The number of hydrogen-bond donors (Lipinski definition) is 2. The third kappa shape index (κ3) is 2.87. The molecule has 0 bridgehead atoms. The molecule has 18 heavy (non-hydrogen) atoms. The summed E-state index contributed by atoms with van der Waals surface area (Å²) in [5, 5.41) is 12.4. The first-order chi connectivity index (χ1) is 8.70. The molecule has 2 aromatic carbocycles. The van der Waals surface area contributed by atoms with Crippen LogP contribution < -0.4 is 5.32 Å². The van der Waals surface area contributed by atoms with Crippen molar-refractivity contribution < 1.29 is 9.50 Å². The quantitative estimate of drug-likeness (QED) is 0.866. The molecule has 2 rings (SSSR count). The number of hydrogen-bond acceptors (Lipinski definition) is 2. The Labute approximate surface area is 106 Å². The summed E-state index contributed by atoms with van der Waals surface area (Å²) in [6.07, 6.45) is 0. The molecule has 1 atom stereocenters. The number of aliphatic hydroxyl groups excluding tert-OH is 1. The van der Waals surface area contributed by atoms with Crippen molar-refractivity contribution in [2.75, 3.05) is 11.9 Å². The fourth-order valence-electron chi connectivity index (χ4n) is 1.80. The smallest absolute Gasteiger partial charge is 0.146 e. The minimum Gasteiger partial charge on any atom is -0.394 e. The number of aliphatic hydroxyl groups is 1. The van der Waals surface area contributed by atoms with Crippen molar-refractivity contribution in [1.82, 2.24) is 0 Å². The SMILES string of the molecule is Cc1ccc(C(CO)Nc2ccccc2F)cc1. The van der Waals surface area contributed by atoms with E-state index in [1.165, 1.54) is 6.07 Å². The highest BCUT2D eigenvalue weighted by molar-refractivity contribution is 5.47. The fourth-order valence-corrected chi connectivity index (χ4v) is 1.80. The molecule has 2 aromatic rings. The zero-order valence-electron chi connectivity index (χ0n) is 10.2. The largest absolute Gasteiger partial charge is 0.394 e. The Morgan fingerprint density at radius 1 is 1.11 bits per heavy atom. The first-order valence-electron chi connectivity index (χ1n) is 5.89. The summed E-state index contributed by atoms with van der Waals surface area (Å²) in [4.78, 5) is 0. The summed E-state index contributed by atoms with van der Waals surface area (Å²) in [6, 6.07) is 14.0. The molecular weight excluding hydrogens is 229 g/mol. The van der Waals surface area contributed by atoms with Crippen molar-refractivity contribution >= 4 is 5.69 Å². The highest BCUT2D eigenvalue weighted by Crippen LogP contribution is 2.21. The van der Waals surface area contributed by atoms with E-state index >= 15 is 0 Å². The highest BCUT2D eigenvalue weighted by atomic mass is 19.1. The first kappa shape index (κ1) is 12.6. The van der Waals surface area contributed by atoms with Gasteiger partial charge in [0.1, 0.15) is 5.82 Å². The zero-order valence-corrected chi connectivity index (χ0v) is 10.2. The number of rotatable bonds is 4. The van der Waals surface area contributed by atoms with E-state index in [9.17, 15) is 9.50 Å². The van der Waals surface area contributed by atoms with E-state index in [2.05, 4.69) is 5.32 Å². The fraction of sp³-hybridized carbons (Fsp3) is 0.200. The molecule has 0 spiro atoms. The maximum Gasteiger partial charge on any atom is 0.146 e. The average Bonchev–Trinajstić information content (AvgIpc) is 2.39. The monoisotopic (exact) mass is 245 g/mol. The molecule has 0 saturated carbocycles. The Bertz CT molecular complexity index is 510. The third-order valence-corrected chi connectivity index (χ3v) is 2.87. The molecule has 0 fully saturated rings. The number of benzene rings is 2. The second-order valence-corrected chi connectivity index (χ2v) is 4.27. The summed E-state index contributed by atoms with van der Waals surface area (Å²) in [6.45, 7) is 1.92. The van der Waals surface area contributed by atoms with Crippen molar-refractivity contribution in [3.05, 3.63) is 65.5 Å². The number of nitrogens with one attached hydrogen (secondary N) is 1. The minimum atomic E-state index is -0.317. The van der Waals surface area contributed by atoms with Crippen LogP contribution in [0.15, 0.2) is 48.5 Å². The molecular formula is C15H16FNO. The number of para-hydroxylation sites is 1. The average molecular weight is 245 g/mol. The molecule has 94 valence electrons. The van der Waals surface area contributed by atoms with Crippen LogP contribution in [0.2, 0.25) is 0 Å². The highest BCUT2D eigenvalue weighted by Gasteiger charge is 2.11. The van der Waals surface area contributed by atoms with Crippen LogP contribution in [0, 0.1) is 12.7 Å². The van der Waals surface area contributed by atoms with Crippen LogP contribution in [-0.4, -0.2) is 11.7 Å². The van der Waals surface area contributed by atoms with Gasteiger partial charge in [-0.3, -0.25) is 0 Å². The summed E-state index contributed by atoms with van der Waals surface area (Å²) in [5.41, 5.74) is 2.49. The summed E-state index contributed by atoms with van der Waals surface area (Å²) in [5.74, 6) is -0.317. The van der Waals surface area contributed by atoms with Gasteiger partial charge in [-0.25, -0.2) is 4.39 Å². The molecule has 1 unspecified atom stereocenters. The number of aryl methyl sites for hydroxylation is 1. The Morgan fingerprint density at radius 3 is 2.39 bits per heavy atom. The maximum absolute atomic E-state index is 13.5. The van der Waals surface area contributed by atoms with E-state index in [4.69, 9.17) is 0 Å². The van der Waals surface area contributed by atoms with E-state index < -0.39 is 0 Å². The molecule has 0 saturated heterocycles. The molecule has 0 heterocycles. The minimum absolute atomic E-state index is 0.0859. The van der Waals surface area contributed by atoms with Crippen molar-refractivity contribution in [1.29, 1.82) is 0 Å². The standard InChI is InChI=1S/C15H16FNO/c1-11-6-8-12(9-7-11)15(10-18)17-14-5-3-2-4-13(14)16/h2-9,15,17-18H,10H2,1H3. The maximum atomic E-state index is 13.5. The van der Waals surface area contributed by atoms with Gasteiger partial charge in [-0.15, -0.1) is 0 Å². The van der Waals surface area contributed by atoms with Crippen LogP contribution in [0.1, 0.15) is 17.2 Å². The van der Waals surface area contributed by atoms with E-state index in [0.29, 0.717) is 5.69 Å². The van der Waals surface area contributed by atoms with Gasteiger partial charge in [-0.2, -0.15) is 0 Å². The predicted octanol–water partition coefficient (Wildman–Crippen LogP) is 3.28. The van der Waals surface area contributed by atoms with Crippen molar-refractivity contribution in [3.63, 3.8) is 0 Å². The van der Waals surface area contributed by atoms with E-state index in [1.807, 2.05) is 31.2 Å². The second-order valence-electron chi connectivity index (χ2n) is 4.27. The van der Waals surface area contributed by atoms with Gasteiger partial charge in [0.2, 0.25) is 0 Å². The van der Waals surface area contributed by atoms with E-state index in [1.54, 1.807) is 18.2 Å². The molecule has 2 nitrogen and oxygen atoms in total. The van der Waals surface area contributed by atoms with Crippen LogP contribution in [0.3, 0.4) is 0 Å². The lowest BCUT2D eigenvalue weighted by Gasteiger charge is -2.18. The molecule has 0 aliphatic heterocycles. The van der Waals surface area contributed by atoms with Crippen LogP contribution in [0.5, 0.6) is 0 Å². The lowest BCUT2D eigenvalue weighted by molar-refractivity contribution is 0.276. The van der Waals surface area contributed by atoms with Crippen LogP contribution in [-0.2, 0) is 0 Å². The Kier molecular flexibility index (Phi) is 3.95. The van der Waals surface area contributed by atoms with Gasteiger partial charge < -0.3 is 10.4 Å². The van der Waals surface area contributed by atoms with Crippen LogP contribution >= 0.6 is 0 Å². The van der Waals surface area contributed by atoms with Crippen molar-refractivity contribution in [2.24, 2.45) is 0 Å². The van der Waals surface area contributed by atoms with Gasteiger partial charge >= 0.3 is 0 Å². The lowest BCUT2D eigenvalue weighted by Crippen LogP contribution is -2.15. The first-order valence-corrected chi connectivity index (χ1v) is 5.89. The molecule has 0 radical (unpaired) electrons. The van der Waals surface area contributed by atoms with Crippen molar-refractivity contribution in [3.8, 4) is 0 Å². The van der Waals surface area contributed by atoms with Gasteiger partial charge in [0.25, 0.3) is 0 Å². The molecule has 2 N–H and O–H groups in total. The Balaban J connectivity index is 2.20. The zero-order chi connectivity index (χ0) is 13.0. The third-order valence-electron chi connectivity index (χ3n) is 2.87. The Hall–Kier alpha value is -1.87. The predicted molar refractivity (Wildman–Crippen MR) is 71.0 cm³/mol. The molecule has 0 aliphatic rings. The molecule has 0 aromatic heterocycles. The molecule has 3 heteroatoms. The second kappa shape index (κ2) is 5.65. The van der Waals surface area contributed by atoms with E-state index in [-0.39, 0.29) is 18.5 Å². The van der Waals surface area contributed by atoms with Crippen LogP contribution in [0.4, 0.5) is 10.1 Å². The summed E-state index contributed by atoms with van der Waals surface area (Å²) in [7, 11) is 0. The Morgan fingerprint density at radius 2 is 1.78 bits per heavy atom. The van der Waals surface area contributed by atoms with Crippen LogP contribution in [0.25, 0.3) is 0 Å². The number of anilines is 1. The summed E-state index contributed by atoms with van der Waals surface area (Å²) < 4.78 is 13.5. The van der Waals surface area contributed by atoms with Gasteiger partial charge in [0, 0.05) is 0 Å². The normalized spacial score (nSPS) is 12.2. The topological polar surface area (TPSA) is 32.3 Å². The van der Waals surface area contributed by atoms with Gasteiger partial charge in [0.05, 0.1) is 18.3 Å². The number of halogens is 1. The van der Waals surface area contributed by atoms with Gasteiger partial charge in [-0.1, -0.05) is 42.0 Å². The lowest BCUT2D eigenvalue weighted by atomic mass is 10.1. The van der Waals surface area contributed by atoms with Gasteiger partial charge in [-0.05, 0) is 24.6 Å². The van der Waals surface area contributed by atoms with E-state index in [0.717, 1.165) is 11.1 Å². The molecule has 0 aliphatic carbocycles. The summed E-state index contributed by atoms with van der Waals surface area (Å²) >= 11 is 0. The molecule has 0 amide bonds. The van der Waals surface area contributed by atoms with Crippen molar-refractivity contribution in [2.45, 2.75) is 13.0 Å².